The lowest BCUT2D eigenvalue weighted by molar-refractivity contribution is 0.102. The van der Waals surface area contributed by atoms with Crippen molar-refractivity contribution in [2.24, 2.45) is 0 Å². The molecular weight excluding hydrogens is 306 g/mol. The molecule has 0 fully saturated rings. The zero-order chi connectivity index (χ0) is 14.0. The second kappa shape index (κ2) is 5.45. The molecule has 0 aromatic heterocycles. The Balaban J connectivity index is 2.25. The Morgan fingerprint density at radius 1 is 1.16 bits per heavy atom. The fourth-order valence-electron chi connectivity index (χ4n) is 1.75. The summed E-state index contributed by atoms with van der Waals surface area (Å²) in [6.45, 7) is 3.82. The summed E-state index contributed by atoms with van der Waals surface area (Å²) in [6, 6.07) is 10.5. The Bertz CT molecular complexity index is 638. The molecule has 1 amide bonds. The molecule has 2 rings (SSSR count). The number of hydrogen-bond acceptors (Lipinski definition) is 2. The molecule has 0 spiro atoms. The van der Waals surface area contributed by atoms with Crippen molar-refractivity contribution in [1.29, 1.82) is 0 Å². The van der Waals surface area contributed by atoms with Gasteiger partial charge in [-0.3, -0.25) is 4.79 Å². The second-order valence-electron chi connectivity index (χ2n) is 4.44. The van der Waals surface area contributed by atoms with Crippen LogP contribution in [0.5, 0.6) is 5.75 Å². The summed E-state index contributed by atoms with van der Waals surface area (Å²) in [7, 11) is 0. The number of hydrogen-bond donors (Lipinski definition) is 2. The molecule has 0 heterocycles. The van der Waals surface area contributed by atoms with Crippen molar-refractivity contribution in [3.8, 4) is 5.75 Å². The smallest absolute Gasteiger partial charge is 0.259 e. The van der Waals surface area contributed by atoms with Crippen LogP contribution >= 0.6 is 15.9 Å². The van der Waals surface area contributed by atoms with E-state index in [1.807, 2.05) is 32.0 Å². The van der Waals surface area contributed by atoms with E-state index in [-0.39, 0.29) is 17.2 Å². The van der Waals surface area contributed by atoms with E-state index in [1.54, 1.807) is 12.1 Å². The predicted molar refractivity (Wildman–Crippen MR) is 79.7 cm³/mol. The molecule has 0 radical (unpaired) electrons. The van der Waals surface area contributed by atoms with Crippen molar-refractivity contribution >= 4 is 27.5 Å². The molecule has 4 heteroatoms. The lowest BCUT2D eigenvalue weighted by atomic mass is 10.1. The zero-order valence-corrected chi connectivity index (χ0v) is 12.3. The van der Waals surface area contributed by atoms with Gasteiger partial charge in [0.2, 0.25) is 0 Å². The van der Waals surface area contributed by atoms with E-state index < -0.39 is 0 Å². The Kier molecular flexibility index (Phi) is 3.90. The monoisotopic (exact) mass is 319 g/mol. The molecule has 2 N–H and O–H groups in total. The molecule has 2 aromatic rings. The van der Waals surface area contributed by atoms with Crippen LogP contribution in [0.2, 0.25) is 0 Å². The summed E-state index contributed by atoms with van der Waals surface area (Å²) < 4.78 is 0.990. The number of rotatable bonds is 2. The number of aromatic hydroxyl groups is 1. The molecule has 0 saturated heterocycles. The van der Waals surface area contributed by atoms with Gasteiger partial charge in [-0.15, -0.1) is 0 Å². The van der Waals surface area contributed by atoms with Gasteiger partial charge in [-0.1, -0.05) is 27.6 Å². The second-order valence-corrected chi connectivity index (χ2v) is 5.29. The van der Waals surface area contributed by atoms with Crippen LogP contribution in [0.1, 0.15) is 21.5 Å². The Morgan fingerprint density at radius 2 is 1.89 bits per heavy atom. The third kappa shape index (κ3) is 3.15. The number of phenolic OH excluding ortho intramolecular Hbond substituents is 1. The van der Waals surface area contributed by atoms with E-state index >= 15 is 0 Å². The van der Waals surface area contributed by atoms with Gasteiger partial charge in [0, 0.05) is 10.2 Å². The average Bonchev–Trinajstić information content (AvgIpc) is 2.36. The zero-order valence-electron chi connectivity index (χ0n) is 10.7. The van der Waals surface area contributed by atoms with Gasteiger partial charge in [-0.2, -0.15) is 0 Å². The van der Waals surface area contributed by atoms with Gasteiger partial charge in [-0.25, -0.2) is 0 Å². The van der Waals surface area contributed by atoms with Crippen molar-refractivity contribution in [2.75, 3.05) is 5.32 Å². The first-order valence-corrected chi connectivity index (χ1v) is 6.64. The van der Waals surface area contributed by atoms with Crippen molar-refractivity contribution in [3.05, 3.63) is 57.6 Å². The quantitative estimate of drug-likeness (QED) is 0.878. The normalized spacial score (nSPS) is 10.3. The molecule has 19 heavy (non-hydrogen) atoms. The number of carbonyl (C=O) groups excluding carboxylic acids is 1. The number of nitrogens with one attached hydrogen (secondary N) is 1. The number of aryl methyl sites for hydroxylation is 2. The number of benzene rings is 2. The van der Waals surface area contributed by atoms with Crippen LogP contribution in [-0.2, 0) is 0 Å². The molecule has 98 valence electrons. The molecular formula is C15H14BrNO2. The maximum absolute atomic E-state index is 12.1. The van der Waals surface area contributed by atoms with Gasteiger partial charge >= 0.3 is 0 Å². The molecule has 0 atom stereocenters. The summed E-state index contributed by atoms with van der Waals surface area (Å²) >= 11 is 3.41. The minimum absolute atomic E-state index is 0.0167. The minimum Gasteiger partial charge on any atom is -0.507 e. The summed E-state index contributed by atoms with van der Waals surface area (Å²) in [4.78, 5) is 12.1. The van der Waals surface area contributed by atoms with Crippen molar-refractivity contribution in [3.63, 3.8) is 0 Å². The van der Waals surface area contributed by atoms with E-state index in [2.05, 4.69) is 21.2 Å². The number of amides is 1. The molecule has 0 aliphatic carbocycles. The highest BCUT2D eigenvalue weighted by Crippen LogP contribution is 2.23. The van der Waals surface area contributed by atoms with Gasteiger partial charge in [0.25, 0.3) is 5.91 Å². The number of carbonyl (C=O) groups is 1. The molecule has 0 bridgehead atoms. The van der Waals surface area contributed by atoms with E-state index in [0.717, 1.165) is 15.6 Å². The standard InChI is InChI=1S/C15H14BrNO2/c1-9-3-6-14(18)12(7-9)15(19)17-11-4-5-13(16)10(2)8-11/h3-8,18H,1-2H3,(H,17,19). The first-order chi connectivity index (χ1) is 8.97. The summed E-state index contributed by atoms with van der Waals surface area (Å²) in [5, 5.41) is 12.5. The molecule has 2 aromatic carbocycles. The average molecular weight is 320 g/mol. The summed E-state index contributed by atoms with van der Waals surface area (Å²) in [6.07, 6.45) is 0. The van der Waals surface area contributed by atoms with E-state index in [0.29, 0.717) is 5.69 Å². The molecule has 0 aliphatic rings. The van der Waals surface area contributed by atoms with Crippen LogP contribution in [0.3, 0.4) is 0 Å². The lowest BCUT2D eigenvalue weighted by Crippen LogP contribution is -2.12. The number of anilines is 1. The number of phenols is 1. The Labute approximate surface area is 120 Å². The van der Waals surface area contributed by atoms with Crippen molar-refractivity contribution in [1.82, 2.24) is 0 Å². The summed E-state index contributed by atoms with van der Waals surface area (Å²) in [5.74, 6) is -0.333. The lowest BCUT2D eigenvalue weighted by Gasteiger charge is -2.09. The SMILES string of the molecule is Cc1ccc(O)c(C(=O)Nc2ccc(Br)c(C)c2)c1. The molecule has 0 saturated carbocycles. The van der Waals surface area contributed by atoms with Crippen LogP contribution in [0.25, 0.3) is 0 Å². The predicted octanol–water partition coefficient (Wildman–Crippen LogP) is 4.02. The number of halogens is 1. The van der Waals surface area contributed by atoms with Crippen LogP contribution in [0.4, 0.5) is 5.69 Å². The highest BCUT2D eigenvalue weighted by Gasteiger charge is 2.11. The third-order valence-electron chi connectivity index (χ3n) is 2.81. The van der Waals surface area contributed by atoms with E-state index in [9.17, 15) is 9.90 Å². The van der Waals surface area contributed by atoms with Gasteiger partial charge in [0.05, 0.1) is 5.56 Å². The fourth-order valence-corrected chi connectivity index (χ4v) is 2.00. The van der Waals surface area contributed by atoms with Crippen molar-refractivity contribution < 1.29 is 9.90 Å². The van der Waals surface area contributed by atoms with Crippen LogP contribution in [0, 0.1) is 13.8 Å². The first kappa shape index (κ1) is 13.6. The largest absolute Gasteiger partial charge is 0.507 e. The Morgan fingerprint density at radius 3 is 2.58 bits per heavy atom. The van der Waals surface area contributed by atoms with Gasteiger partial charge in [0.1, 0.15) is 5.75 Å². The maximum atomic E-state index is 12.1. The fraction of sp³-hybridized carbons (Fsp3) is 0.133. The third-order valence-corrected chi connectivity index (χ3v) is 3.70. The first-order valence-electron chi connectivity index (χ1n) is 5.84. The van der Waals surface area contributed by atoms with Gasteiger partial charge in [0.15, 0.2) is 0 Å². The highest BCUT2D eigenvalue weighted by atomic mass is 79.9. The molecule has 0 unspecified atom stereocenters. The van der Waals surface area contributed by atoms with Crippen molar-refractivity contribution in [2.45, 2.75) is 13.8 Å². The van der Waals surface area contributed by atoms with E-state index in [1.165, 1.54) is 6.07 Å². The highest BCUT2D eigenvalue weighted by molar-refractivity contribution is 9.10. The van der Waals surface area contributed by atoms with Gasteiger partial charge in [-0.05, 0) is 49.7 Å². The minimum atomic E-state index is -0.317. The van der Waals surface area contributed by atoms with Gasteiger partial charge < -0.3 is 10.4 Å². The topological polar surface area (TPSA) is 49.3 Å². The summed E-state index contributed by atoms with van der Waals surface area (Å²) in [5.41, 5.74) is 2.94. The van der Waals surface area contributed by atoms with Crippen LogP contribution < -0.4 is 5.32 Å². The maximum Gasteiger partial charge on any atom is 0.259 e. The van der Waals surface area contributed by atoms with E-state index in [4.69, 9.17) is 0 Å². The Hall–Kier alpha value is -1.81. The van der Waals surface area contributed by atoms with Crippen LogP contribution in [-0.4, -0.2) is 11.0 Å². The molecule has 0 aliphatic heterocycles. The van der Waals surface area contributed by atoms with Crippen LogP contribution in [0.15, 0.2) is 40.9 Å². The molecule has 3 nitrogen and oxygen atoms in total.